The van der Waals surface area contributed by atoms with Crippen LogP contribution < -0.4 is 0 Å². The minimum Gasteiger partial charge on any atom is -0.508 e. The van der Waals surface area contributed by atoms with Gasteiger partial charge in [0.25, 0.3) is 5.91 Å². The minimum absolute atomic E-state index is 0.0369. The van der Waals surface area contributed by atoms with Gasteiger partial charge >= 0.3 is 5.97 Å². The molecule has 2 rings (SSSR count). The summed E-state index contributed by atoms with van der Waals surface area (Å²) in [7, 11) is 0. The second-order valence-electron chi connectivity index (χ2n) is 5.16. The quantitative estimate of drug-likeness (QED) is 0.827. The van der Waals surface area contributed by atoms with Crippen LogP contribution in [0, 0.1) is 5.82 Å². The van der Waals surface area contributed by atoms with Crippen LogP contribution in [0.3, 0.4) is 0 Å². The fraction of sp³-hybridized carbons (Fsp3) is 0.222. The van der Waals surface area contributed by atoms with E-state index in [4.69, 9.17) is 4.74 Å². The highest BCUT2D eigenvalue weighted by molar-refractivity contribution is 5.91. The van der Waals surface area contributed by atoms with E-state index in [1.165, 1.54) is 41.3 Å². The number of hydrogen-bond donors (Lipinski definition) is 1. The largest absolute Gasteiger partial charge is 0.508 e. The van der Waals surface area contributed by atoms with Gasteiger partial charge in [-0.2, -0.15) is 0 Å². The van der Waals surface area contributed by atoms with Crippen molar-refractivity contribution in [2.75, 3.05) is 13.2 Å². The van der Waals surface area contributed by atoms with E-state index in [-0.39, 0.29) is 29.6 Å². The molecule has 0 aliphatic rings. The third-order valence-electron chi connectivity index (χ3n) is 3.43. The monoisotopic (exact) mass is 331 g/mol. The number of phenolic OH excluding ortho intramolecular Hbond substituents is 1. The highest BCUT2D eigenvalue weighted by atomic mass is 19.1. The molecule has 0 atom stereocenters. The lowest BCUT2D eigenvalue weighted by atomic mass is 10.2. The molecular formula is C18H18FNO4. The van der Waals surface area contributed by atoms with Gasteiger partial charge in [-0.3, -0.25) is 4.79 Å². The molecule has 0 aromatic heterocycles. The SMILES string of the molecule is CCN(Cc1cccc(F)c1)C(=O)COC(=O)c1ccc(O)cc1. The molecule has 24 heavy (non-hydrogen) atoms. The number of phenols is 1. The summed E-state index contributed by atoms with van der Waals surface area (Å²) in [6, 6.07) is 11.5. The molecule has 0 spiro atoms. The molecule has 2 aromatic rings. The lowest BCUT2D eigenvalue weighted by molar-refractivity contribution is -0.134. The molecule has 0 radical (unpaired) electrons. The smallest absolute Gasteiger partial charge is 0.338 e. The predicted molar refractivity (Wildman–Crippen MR) is 85.9 cm³/mol. The molecule has 2 aromatic carbocycles. The number of benzene rings is 2. The Morgan fingerprint density at radius 3 is 2.50 bits per heavy atom. The molecule has 0 fully saturated rings. The van der Waals surface area contributed by atoms with Gasteiger partial charge in [0.05, 0.1) is 5.56 Å². The summed E-state index contributed by atoms with van der Waals surface area (Å²) in [6.45, 7) is 2.04. The van der Waals surface area contributed by atoms with Crippen LogP contribution in [-0.2, 0) is 16.1 Å². The number of rotatable bonds is 6. The summed E-state index contributed by atoms with van der Waals surface area (Å²) in [6.07, 6.45) is 0. The zero-order valence-electron chi connectivity index (χ0n) is 13.2. The topological polar surface area (TPSA) is 66.8 Å². The first-order chi connectivity index (χ1) is 11.5. The van der Waals surface area contributed by atoms with Crippen molar-refractivity contribution in [1.29, 1.82) is 0 Å². The van der Waals surface area contributed by atoms with Gasteiger partial charge in [0, 0.05) is 13.1 Å². The lowest BCUT2D eigenvalue weighted by Crippen LogP contribution is -2.34. The van der Waals surface area contributed by atoms with E-state index in [1.54, 1.807) is 19.1 Å². The van der Waals surface area contributed by atoms with Crippen molar-refractivity contribution in [3.63, 3.8) is 0 Å². The van der Waals surface area contributed by atoms with Gasteiger partial charge < -0.3 is 14.7 Å². The average molecular weight is 331 g/mol. The molecule has 0 bridgehead atoms. The van der Waals surface area contributed by atoms with Crippen LogP contribution in [0.15, 0.2) is 48.5 Å². The van der Waals surface area contributed by atoms with Crippen molar-refractivity contribution in [3.8, 4) is 5.75 Å². The van der Waals surface area contributed by atoms with Crippen LogP contribution in [-0.4, -0.2) is 35.0 Å². The van der Waals surface area contributed by atoms with Crippen LogP contribution in [0.2, 0.25) is 0 Å². The number of esters is 1. The van der Waals surface area contributed by atoms with E-state index >= 15 is 0 Å². The Kier molecular flexibility index (Phi) is 5.89. The number of carbonyl (C=O) groups is 2. The number of likely N-dealkylation sites (N-methyl/N-ethyl adjacent to an activating group) is 1. The normalized spacial score (nSPS) is 10.2. The van der Waals surface area contributed by atoms with Crippen molar-refractivity contribution in [2.45, 2.75) is 13.5 Å². The Morgan fingerprint density at radius 1 is 1.17 bits per heavy atom. The number of hydrogen-bond acceptors (Lipinski definition) is 4. The Labute approximate surface area is 139 Å². The number of amides is 1. The maximum Gasteiger partial charge on any atom is 0.338 e. The first kappa shape index (κ1) is 17.5. The van der Waals surface area contributed by atoms with Crippen LogP contribution in [0.1, 0.15) is 22.8 Å². The van der Waals surface area contributed by atoms with Gasteiger partial charge in [-0.15, -0.1) is 0 Å². The molecule has 126 valence electrons. The number of ether oxygens (including phenoxy) is 1. The first-order valence-electron chi connectivity index (χ1n) is 7.48. The van der Waals surface area contributed by atoms with Crippen LogP contribution in [0.4, 0.5) is 4.39 Å². The zero-order chi connectivity index (χ0) is 17.5. The van der Waals surface area contributed by atoms with Gasteiger partial charge in [-0.25, -0.2) is 9.18 Å². The first-order valence-corrected chi connectivity index (χ1v) is 7.48. The molecule has 0 aliphatic heterocycles. The van der Waals surface area contributed by atoms with Gasteiger partial charge in [0.15, 0.2) is 6.61 Å². The average Bonchev–Trinajstić information content (AvgIpc) is 2.58. The summed E-state index contributed by atoms with van der Waals surface area (Å²) >= 11 is 0. The van der Waals surface area contributed by atoms with Gasteiger partial charge in [0.1, 0.15) is 11.6 Å². The number of nitrogens with zero attached hydrogens (tertiary/aromatic N) is 1. The van der Waals surface area contributed by atoms with Crippen LogP contribution >= 0.6 is 0 Å². The maximum absolute atomic E-state index is 13.2. The lowest BCUT2D eigenvalue weighted by Gasteiger charge is -2.21. The van der Waals surface area contributed by atoms with Gasteiger partial charge in [0.2, 0.25) is 0 Å². The van der Waals surface area contributed by atoms with E-state index in [0.717, 1.165) is 0 Å². The Bertz CT molecular complexity index is 715. The molecule has 0 aliphatic carbocycles. The number of halogens is 1. The van der Waals surface area contributed by atoms with E-state index < -0.39 is 12.6 Å². The molecule has 0 saturated heterocycles. The van der Waals surface area contributed by atoms with Crippen molar-refractivity contribution in [2.24, 2.45) is 0 Å². The van der Waals surface area contributed by atoms with Gasteiger partial charge in [-0.05, 0) is 48.9 Å². The van der Waals surface area contributed by atoms with Crippen LogP contribution in [0.5, 0.6) is 5.75 Å². The van der Waals surface area contributed by atoms with Gasteiger partial charge in [-0.1, -0.05) is 12.1 Å². The van der Waals surface area contributed by atoms with Crippen molar-refractivity contribution < 1.29 is 23.8 Å². The molecule has 0 unspecified atom stereocenters. The number of aromatic hydroxyl groups is 1. The summed E-state index contributed by atoms with van der Waals surface area (Å²) in [5.41, 5.74) is 0.906. The maximum atomic E-state index is 13.2. The number of carbonyl (C=O) groups excluding carboxylic acids is 2. The summed E-state index contributed by atoms with van der Waals surface area (Å²) < 4.78 is 18.2. The summed E-state index contributed by atoms with van der Waals surface area (Å²) in [5, 5.41) is 9.18. The van der Waals surface area contributed by atoms with E-state index in [1.807, 2.05) is 0 Å². The summed E-state index contributed by atoms with van der Waals surface area (Å²) in [5.74, 6) is -1.34. The summed E-state index contributed by atoms with van der Waals surface area (Å²) in [4.78, 5) is 25.5. The second kappa shape index (κ2) is 8.10. The van der Waals surface area contributed by atoms with Crippen molar-refractivity contribution in [1.82, 2.24) is 4.90 Å². The highest BCUT2D eigenvalue weighted by Gasteiger charge is 2.16. The Morgan fingerprint density at radius 2 is 1.88 bits per heavy atom. The van der Waals surface area contributed by atoms with E-state index in [9.17, 15) is 19.1 Å². The zero-order valence-corrected chi connectivity index (χ0v) is 13.2. The molecule has 1 N–H and O–H groups in total. The molecule has 5 nitrogen and oxygen atoms in total. The standard InChI is InChI=1S/C18H18FNO4/c1-2-20(11-13-4-3-5-15(19)10-13)17(22)12-24-18(23)14-6-8-16(21)9-7-14/h3-10,21H,2,11-12H2,1H3. The predicted octanol–water partition coefficient (Wildman–Crippen LogP) is 2.74. The highest BCUT2D eigenvalue weighted by Crippen LogP contribution is 2.11. The van der Waals surface area contributed by atoms with Crippen molar-refractivity contribution >= 4 is 11.9 Å². The fourth-order valence-corrected chi connectivity index (χ4v) is 2.13. The second-order valence-corrected chi connectivity index (χ2v) is 5.16. The third-order valence-corrected chi connectivity index (χ3v) is 3.43. The molecule has 0 heterocycles. The van der Waals surface area contributed by atoms with Crippen LogP contribution in [0.25, 0.3) is 0 Å². The Hall–Kier alpha value is -2.89. The molecule has 6 heteroatoms. The minimum atomic E-state index is -0.648. The molecule has 1 amide bonds. The van der Waals surface area contributed by atoms with E-state index in [2.05, 4.69) is 0 Å². The molecular weight excluding hydrogens is 313 g/mol. The third kappa shape index (κ3) is 4.81. The van der Waals surface area contributed by atoms with Crippen molar-refractivity contribution in [3.05, 3.63) is 65.5 Å². The Balaban J connectivity index is 1.92. The van der Waals surface area contributed by atoms with E-state index in [0.29, 0.717) is 12.1 Å². The fourth-order valence-electron chi connectivity index (χ4n) is 2.13. The molecule has 0 saturated carbocycles.